The highest BCUT2D eigenvalue weighted by atomic mass is 19.2. The minimum absolute atomic E-state index is 0.0885. The van der Waals surface area contributed by atoms with Gasteiger partial charge in [0, 0.05) is 55.0 Å². The van der Waals surface area contributed by atoms with Gasteiger partial charge in [0.1, 0.15) is 11.6 Å². The zero-order valence-electron chi connectivity index (χ0n) is 13.3. The number of aromatic nitrogens is 2. The Bertz CT molecular complexity index is 817. The molecule has 1 saturated carbocycles. The van der Waals surface area contributed by atoms with Gasteiger partial charge in [-0.05, 0) is 12.5 Å². The fourth-order valence-electron chi connectivity index (χ4n) is 3.96. The average Bonchev–Trinajstić information content (AvgIpc) is 3.12. The molecule has 0 saturated heterocycles. The minimum Gasteiger partial charge on any atom is -0.327 e. The third-order valence-corrected chi connectivity index (χ3v) is 5.16. The van der Waals surface area contributed by atoms with Crippen LogP contribution in [0.4, 0.5) is 13.2 Å². The molecule has 1 aliphatic heterocycles. The number of carbonyl (C=O) groups is 1. The predicted molar refractivity (Wildman–Crippen MR) is 82.9 cm³/mol. The third kappa shape index (κ3) is 2.75. The molecule has 0 spiro atoms. The number of H-pyrrole nitrogens is 1. The highest BCUT2D eigenvalue weighted by Crippen LogP contribution is 2.36. The van der Waals surface area contributed by atoms with Gasteiger partial charge in [-0.25, -0.2) is 13.2 Å². The molecule has 5 nitrogen and oxygen atoms in total. The first-order chi connectivity index (χ1) is 11.9. The van der Waals surface area contributed by atoms with Crippen molar-refractivity contribution >= 4 is 5.78 Å². The van der Waals surface area contributed by atoms with Crippen molar-refractivity contribution in [1.82, 2.24) is 15.1 Å². The highest BCUT2D eigenvalue weighted by molar-refractivity contribution is 5.88. The second-order valence-corrected chi connectivity index (χ2v) is 6.75. The quantitative estimate of drug-likeness (QED) is 0.813. The summed E-state index contributed by atoms with van der Waals surface area (Å²) in [5.41, 5.74) is 7.87. The largest absolute Gasteiger partial charge is 0.327 e. The fourth-order valence-corrected chi connectivity index (χ4v) is 3.96. The van der Waals surface area contributed by atoms with Crippen molar-refractivity contribution in [3.05, 3.63) is 52.6 Å². The number of Topliss-reactive ketones (excluding diaryl/α,β-unsaturated/α-hetero) is 1. The smallest absolute Gasteiger partial charge is 0.163 e. The number of nitrogens with two attached hydrogens (primary N) is 1. The number of halogens is 3. The van der Waals surface area contributed by atoms with Crippen molar-refractivity contribution in [3.8, 4) is 0 Å². The van der Waals surface area contributed by atoms with Crippen LogP contribution in [0.25, 0.3) is 0 Å². The molecule has 2 aliphatic rings. The lowest BCUT2D eigenvalue weighted by Gasteiger charge is -2.37. The summed E-state index contributed by atoms with van der Waals surface area (Å²) in [5.74, 6) is -4.74. The first kappa shape index (κ1) is 16.3. The van der Waals surface area contributed by atoms with Gasteiger partial charge in [0.05, 0.1) is 11.6 Å². The predicted octanol–water partition coefficient (Wildman–Crippen LogP) is 1.99. The van der Waals surface area contributed by atoms with E-state index in [1.807, 2.05) is 6.20 Å². The van der Waals surface area contributed by atoms with Gasteiger partial charge < -0.3 is 5.73 Å². The van der Waals surface area contributed by atoms with E-state index >= 15 is 0 Å². The molecule has 1 unspecified atom stereocenters. The lowest BCUT2D eigenvalue weighted by atomic mass is 9.76. The summed E-state index contributed by atoms with van der Waals surface area (Å²) in [5, 5.41) is 6.96. The normalized spacial score (nSPS) is 26.9. The highest BCUT2D eigenvalue weighted by Gasteiger charge is 2.41. The van der Waals surface area contributed by atoms with Crippen LogP contribution in [0.5, 0.6) is 0 Å². The molecular weight excluding hydrogens is 333 g/mol. The topological polar surface area (TPSA) is 75.0 Å². The summed E-state index contributed by atoms with van der Waals surface area (Å²) in [6.45, 7) is 1.29. The molecule has 0 amide bonds. The molecule has 1 aromatic heterocycles. The van der Waals surface area contributed by atoms with Gasteiger partial charge in [-0.15, -0.1) is 0 Å². The Hall–Kier alpha value is -2.19. The lowest BCUT2D eigenvalue weighted by molar-refractivity contribution is -0.124. The number of aromatic amines is 1. The van der Waals surface area contributed by atoms with Crippen LogP contribution in [-0.4, -0.2) is 33.0 Å². The maximum absolute atomic E-state index is 14.1. The number of fused-ring (bicyclic) bond motifs is 1. The van der Waals surface area contributed by atoms with Gasteiger partial charge >= 0.3 is 0 Å². The van der Waals surface area contributed by atoms with E-state index in [2.05, 4.69) is 15.1 Å². The van der Waals surface area contributed by atoms with Crippen LogP contribution in [0.1, 0.15) is 35.6 Å². The van der Waals surface area contributed by atoms with Gasteiger partial charge in [-0.2, -0.15) is 5.10 Å². The SMILES string of the molecule is N[C@H]1C[C@@H](N2Cc3c[nH]nc3C2)CC(=O)C1c1cc(F)cc(F)c1F. The van der Waals surface area contributed by atoms with Gasteiger partial charge in [0.15, 0.2) is 11.6 Å². The number of hydrogen-bond donors (Lipinski definition) is 2. The summed E-state index contributed by atoms with van der Waals surface area (Å²) in [4.78, 5) is 14.7. The molecule has 2 aromatic rings. The monoisotopic (exact) mass is 350 g/mol. The van der Waals surface area contributed by atoms with Crippen molar-refractivity contribution in [2.75, 3.05) is 0 Å². The van der Waals surface area contributed by atoms with Crippen LogP contribution in [0.15, 0.2) is 18.3 Å². The van der Waals surface area contributed by atoms with Crippen molar-refractivity contribution in [2.24, 2.45) is 5.73 Å². The number of nitrogens with one attached hydrogen (secondary N) is 1. The van der Waals surface area contributed by atoms with Gasteiger partial charge in [0.25, 0.3) is 0 Å². The van der Waals surface area contributed by atoms with Crippen LogP contribution in [0.3, 0.4) is 0 Å². The van der Waals surface area contributed by atoms with E-state index in [0.717, 1.165) is 17.3 Å². The van der Waals surface area contributed by atoms with Crippen molar-refractivity contribution < 1.29 is 18.0 Å². The first-order valence-electron chi connectivity index (χ1n) is 8.12. The van der Waals surface area contributed by atoms with E-state index in [9.17, 15) is 18.0 Å². The minimum atomic E-state index is -1.30. The van der Waals surface area contributed by atoms with Crippen LogP contribution in [0, 0.1) is 17.5 Å². The van der Waals surface area contributed by atoms with E-state index in [0.29, 0.717) is 25.6 Å². The first-order valence-corrected chi connectivity index (χ1v) is 8.12. The summed E-state index contributed by atoms with van der Waals surface area (Å²) < 4.78 is 41.1. The van der Waals surface area contributed by atoms with E-state index in [1.54, 1.807) is 0 Å². The maximum Gasteiger partial charge on any atom is 0.163 e. The van der Waals surface area contributed by atoms with Crippen LogP contribution >= 0.6 is 0 Å². The van der Waals surface area contributed by atoms with Crippen LogP contribution < -0.4 is 5.73 Å². The third-order valence-electron chi connectivity index (χ3n) is 5.16. The van der Waals surface area contributed by atoms with Gasteiger partial charge in [-0.1, -0.05) is 0 Å². The Labute approximate surface area is 142 Å². The van der Waals surface area contributed by atoms with E-state index in [-0.39, 0.29) is 23.8 Å². The van der Waals surface area contributed by atoms with Crippen molar-refractivity contribution in [1.29, 1.82) is 0 Å². The van der Waals surface area contributed by atoms with Crippen LogP contribution in [-0.2, 0) is 17.9 Å². The molecule has 3 N–H and O–H groups in total. The second kappa shape index (κ2) is 5.96. The molecule has 3 atom stereocenters. The summed E-state index contributed by atoms with van der Waals surface area (Å²) in [7, 11) is 0. The lowest BCUT2D eigenvalue weighted by Crippen LogP contribution is -2.48. The number of carbonyl (C=O) groups excluding carboxylic acids is 1. The standard InChI is InChI=1S/C17H17F3N4O/c18-9-1-11(17(20)12(19)2-9)16-13(21)3-10(4-15(16)25)24-6-8-5-22-23-14(8)7-24/h1-2,5,10,13,16H,3-4,6-7,21H2,(H,22,23)/t10-,13+,16?/m1/s1. The van der Waals surface area contributed by atoms with E-state index in [1.165, 1.54) is 0 Å². The molecular formula is C17H17F3N4O. The molecule has 0 radical (unpaired) electrons. The molecule has 4 rings (SSSR count). The summed E-state index contributed by atoms with van der Waals surface area (Å²) >= 11 is 0. The average molecular weight is 350 g/mol. The molecule has 1 aromatic carbocycles. The van der Waals surface area contributed by atoms with Gasteiger partial charge in [0.2, 0.25) is 0 Å². The van der Waals surface area contributed by atoms with Gasteiger partial charge in [-0.3, -0.25) is 14.8 Å². The molecule has 132 valence electrons. The molecule has 8 heteroatoms. The Balaban J connectivity index is 1.55. The van der Waals surface area contributed by atoms with Crippen LogP contribution in [0.2, 0.25) is 0 Å². The number of rotatable bonds is 2. The van der Waals surface area contributed by atoms with Crippen molar-refractivity contribution in [2.45, 2.75) is 43.9 Å². The molecule has 2 heterocycles. The molecule has 0 bridgehead atoms. The molecule has 1 aliphatic carbocycles. The second-order valence-electron chi connectivity index (χ2n) is 6.75. The Morgan fingerprint density at radius 3 is 2.76 bits per heavy atom. The zero-order chi connectivity index (χ0) is 17.7. The molecule has 25 heavy (non-hydrogen) atoms. The number of benzene rings is 1. The fraction of sp³-hybridized carbons (Fsp3) is 0.412. The number of ketones is 1. The molecule has 1 fully saturated rings. The summed E-state index contributed by atoms with van der Waals surface area (Å²) in [6, 6.07) is 0.546. The Morgan fingerprint density at radius 1 is 1.24 bits per heavy atom. The van der Waals surface area contributed by atoms with Crippen molar-refractivity contribution in [3.63, 3.8) is 0 Å². The summed E-state index contributed by atoms with van der Waals surface area (Å²) in [6.07, 6.45) is 2.44. The number of nitrogens with zero attached hydrogens (tertiary/aromatic N) is 2. The van der Waals surface area contributed by atoms with E-state index < -0.39 is 29.4 Å². The Kier molecular flexibility index (Phi) is 3.88. The zero-order valence-corrected chi connectivity index (χ0v) is 13.3. The Morgan fingerprint density at radius 2 is 2.04 bits per heavy atom. The van der Waals surface area contributed by atoms with E-state index in [4.69, 9.17) is 5.73 Å². The maximum atomic E-state index is 14.1. The number of hydrogen-bond acceptors (Lipinski definition) is 4.